The predicted octanol–water partition coefficient (Wildman–Crippen LogP) is 2.07. The van der Waals surface area contributed by atoms with Gasteiger partial charge in [-0.3, -0.25) is 0 Å². The summed E-state index contributed by atoms with van der Waals surface area (Å²) in [5.41, 5.74) is -0.990. The van der Waals surface area contributed by atoms with Gasteiger partial charge in [-0.15, -0.1) is 0 Å². The number of aliphatic carboxylic acids is 1. The van der Waals surface area contributed by atoms with Crippen LogP contribution < -0.4 is 5.32 Å². The number of hydrogen-bond donors (Lipinski definition) is 2. The van der Waals surface area contributed by atoms with Crippen molar-refractivity contribution in [1.29, 1.82) is 0 Å². The van der Waals surface area contributed by atoms with E-state index in [-0.39, 0.29) is 6.03 Å². The molecule has 5 heteroatoms. The van der Waals surface area contributed by atoms with Crippen molar-refractivity contribution in [2.24, 2.45) is 5.92 Å². The zero-order valence-corrected chi connectivity index (χ0v) is 11.5. The maximum absolute atomic E-state index is 12.1. The summed E-state index contributed by atoms with van der Waals surface area (Å²) in [5.74, 6) is -0.511. The van der Waals surface area contributed by atoms with Gasteiger partial charge in [0.1, 0.15) is 5.54 Å². The van der Waals surface area contributed by atoms with Gasteiger partial charge in [-0.1, -0.05) is 27.2 Å². The fraction of sp³-hybridized carbons (Fsp3) is 0.846. The van der Waals surface area contributed by atoms with E-state index in [1.807, 2.05) is 20.8 Å². The van der Waals surface area contributed by atoms with Crippen LogP contribution in [-0.4, -0.2) is 40.6 Å². The van der Waals surface area contributed by atoms with Crippen molar-refractivity contribution in [2.75, 3.05) is 13.1 Å². The van der Waals surface area contributed by atoms with Crippen molar-refractivity contribution in [3.05, 3.63) is 0 Å². The Kier molecular flexibility index (Phi) is 4.99. The second-order valence-corrected chi connectivity index (χ2v) is 5.42. The monoisotopic (exact) mass is 256 g/mol. The third kappa shape index (κ3) is 2.94. The van der Waals surface area contributed by atoms with Crippen LogP contribution in [0.25, 0.3) is 0 Å². The van der Waals surface area contributed by atoms with E-state index in [9.17, 15) is 14.7 Å². The number of nitrogens with one attached hydrogen (secondary N) is 1. The van der Waals surface area contributed by atoms with Crippen molar-refractivity contribution in [3.8, 4) is 0 Å². The number of amides is 2. The molecule has 1 rings (SSSR count). The zero-order valence-electron chi connectivity index (χ0n) is 11.5. The SMILES string of the molecule is CCCC1(C(=O)O)CCCN1C(=O)NCC(C)C. The Bertz CT molecular complexity index is 317. The number of nitrogens with zero attached hydrogens (tertiary/aromatic N) is 1. The molecule has 1 unspecified atom stereocenters. The smallest absolute Gasteiger partial charge is 0.329 e. The van der Waals surface area contributed by atoms with Gasteiger partial charge in [-0.2, -0.15) is 0 Å². The molecule has 0 spiro atoms. The van der Waals surface area contributed by atoms with Gasteiger partial charge in [-0.25, -0.2) is 9.59 Å². The molecule has 1 fully saturated rings. The van der Waals surface area contributed by atoms with Crippen LogP contribution in [0.15, 0.2) is 0 Å². The molecule has 1 atom stereocenters. The molecule has 1 aliphatic rings. The molecular formula is C13H24N2O3. The first-order valence-electron chi connectivity index (χ1n) is 6.73. The van der Waals surface area contributed by atoms with Crippen LogP contribution in [0.5, 0.6) is 0 Å². The molecule has 0 aromatic carbocycles. The maximum Gasteiger partial charge on any atom is 0.329 e. The molecule has 0 radical (unpaired) electrons. The Balaban J connectivity index is 2.78. The molecule has 2 N–H and O–H groups in total. The lowest BCUT2D eigenvalue weighted by Gasteiger charge is -2.34. The lowest BCUT2D eigenvalue weighted by molar-refractivity contribution is -0.148. The Morgan fingerprint density at radius 3 is 2.61 bits per heavy atom. The highest BCUT2D eigenvalue weighted by molar-refractivity contribution is 5.87. The van der Waals surface area contributed by atoms with E-state index in [1.165, 1.54) is 4.90 Å². The average Bonchev–Trinajstić information content (AvgIpc) is 2.71. The highest BCUT2D eigenvalue weighted by Gasteiger charge is 2.49. The molecule has 0 aromatic heterocycles. The summed E-state index contributed by atoms with van der Waals surface area (Å²) in [7, 11) is 0. The van der Waals surface area contributed by atoms with Crippen molar-refractivity contribution < 1.29 is 14.7 Å². The van der Waals surface area contributed by atoms with Gasteiger partial charge in [0, 0.05) is 13.1 Å². The average molecular weight is 256 g/mol. The Hall–Kier alpha value is -1.26. The maximum atomic E-state index is 12.1. The van der Waals surface area contributed by atoms with E-state index in [4.69, 9.17) is 0 Å². The van der Waals surface area contributed by atoms with E-state index < -0.39 is 11.5 Å². The van der Waals surface area contributed by atoms with Crippen molar-refractivity contribution in [3.63, 3.8) is 0 Å². The van der Waals surface area contributed by atoms with Gasteiger partial charge in [-0.05, 0) is 25.2 Å². The Morgan fingerprint density at radius 1 is 1.44 bits per heavy atom. The summed E-state index contributed by atoms with van der Waals surface area (Å²) in [5, 5.41) is 12.3. The molecule has 2 amide bonds. The molecular weight excluding hydrogens is 232 g/mol. The number of carboxylic acid groups (broad SMARTS) is 1. The normalized spacial score (nSPS) is 23.4. The fourth-order valence-electron chi connectivity index (χ4n) is 2.56. The van der Waals surface area contributed by atoms with Gasteiger partial charge in [0.05, 0.1) is 0 Å². The minimum absolute atomic E-state index is 0.239. The standard InChI is InChI=1S/C13H24N2O3/c1-4-6-13(11(16)17)7-5-8-15(13)12(18)14-9-10(2)3/h10H,4-9H2,1-3H3,(H,14,18)(H,16,17). The lowest BCUT2D eigenvalue weighted by Crippen LogP contribution is -2.56. The Morgan fingerprint density at radius 2 is 2.11 bits per heavy atom. The number of hydrogen-bond acceptors (Lipinski definition) is 2. The highest BCUT2D eigenvalue weighted by atomic mass is 16.4. The summed E-state index contributed by atoms with van der Waals surface area (Å²) < 4.78 is 0. The summed E-state index contributed by atoms with van der Waals surface area (Å²) in [6.07, 6.45) is 2.62. The van der Waals surface area contributed by atoms with Crippen LogP contribution in [0, 0.1) is 5.92 Å². The quantitative estimate of drug-likeness (QED) is 0.791. The van der Waals surface area contributed by atoms with E-state index >= 15 is 0 Å². The lowest BCUT2D eigenvalue weighted by atomic mass is 9.91. The minimum atomic E-state index is -0.990. The number of likely N-dealkylation sites (tertiary alicyclic amines) is 1. The first-order valence-corrected chi connectivity index (χ1v) is 6.73. The summed E-state index contributed by atoms with van der Waals surface area (Å²) in [4.78, 5) is 25.2. The number of carbonyl (C=O) groups excluding carboxylic acids is 1. The number of carboxylic acids is 1. The van der Waals surface area contributed by atoms with Gasteiger partial charge < -0.3 is 15.3 Å². The predicted molar refractivity (Wildman–Crippen MR) is 69.5 cm³/mol. The van der Waals surface area contributed by atoms with Crippen LogP contribution >= 0.6 is 0 Å². The molecule has 1 saturated heterocycles. The molecule has 1 aliphatic heterocycles. The van der Waals surface area contributed by atoms with Gasteiger partial charge in [0.15, 0.2) is 0 Å². The molecule has 0 saturated carbocycles. The van der Waals surface area contributed by atoms with E-state index in [0.29, 0.717) is 31.8 Å². The molecule has 0 aliphatic carbocycles. The second kappa shape index (κ2) is 6.07. The first-order chi connectivity index (χ1) is 8.44. The van der Waals surface area contributed by atoms with Gasteiger partial charge >= 0.3 is 12.0 Å². The fourth-order valence-corrected chi connectivity index (χ4v) is 2.56. The molecule has 0 aromatic rings. The first kappa shape index (κ1) is 14.8. The van der Waals surface area contributed by atoms with Crippen LogP contribution in [0.1, 0.15) is 46.5 Å². The number of rotatable bonds is 5. The van der Waals surface area contributed by atoms with E-state index in [2.05, 4.69) is 5.32 Å². The summed E-state index contributed by atoms with van der Waals surface area (Å²) >= 11 is 0. The molecule has 18 heavy (non-hydrogen) atoms. The van der Waals surface area contributed by atoms with Crippen LogP contribution in [0.3, 0.4) is 0 Å². The second-order valence-electron chi connectivity index (χ2n) is 5.42. The van der Waals surface area contributed by atoms with Crippen LogP contribution in [0.4, 0.5) is 4.79 Å². The largest absolute Gasteiger partial charge is 0.479 e. The molecule has 104 valence electrons. The van der Waals surface area contributed by atoms with Crippen LogP contribution in [-0.2, 0) is 4.79 Å². The highest BCUT2D eigenvalue weighted by Crippen LogP contribution is 2.34. The minimum Gasteiger partial charge on any atom is -0.479 e. The van der Waals surface area contributed by atoms with Crippen molar-refractivity contribution in [1.82, 2.24) is 10.2 Å². The number of carbonyl (C=O) groups is 2. The summed E-state index contributed by atoms with van der Waals surface area (Å²) in [6.45, 7) is 7.10. The summed E-state index contributed by atoms with van der Waals surface area (Å²) in [6, 6.07) is -0.239. The molecule has 0 bridgehead atoms. The van der Waals surface area contributed by atoms with Crippen molar-refractivity contribution in [2.45, 2.75) is 52.0 Å². The molecule has 1 heterocycles. The third-order valence-corrected chi connectivity index (χ3v) is 3.46. The zero-order chi connectivity index (χ0) is 13.8. The topological polar surface area (TPSA) is 69.6 Å². The Labute approximate surface area is 109 Å². The van der Waals surface area contributed by atoms with Crippen LogP contribution in [0.2, 0.25) is 0 Å². The number of urea groups is 1. The van der Waals surface area contributed by atoms with Gasteiger partial charge in [0.2, 0.25) is 0 Å². The van der Waals surface area contributed by atoms with Crippen molar-refractivity contribution >= 4 is 12.0 Å². The molecule has 5 nitrogen and oxygen atoms in total. The van der Waals surface area contributed by atoms with E-state index in [1.54, 1.807) is 0 Å². The third-order valence-electron chi connectivity index (χ3n) is 3.46. The van der Waals surface area contributed by atoms with E-state index in [0.717, 1.165) is 12.8 Å². The van der Waals surface area contributed by atoms with Gasteiger partial charge in [0.25, 0.3) is 0 Å².